The van der Waals surface area contributed by atoms with Crippen LogP contribution in [0.25, 0.3) is 22.6 Å². The molecule has 0 aliphatic heterocycles. The van der Waals surface area contributed by atoms with Crippen LogP contribution in [0.15, 0.2) is 29.6 Å². The number of nitrogens with zero attached hydrogens (tertiary/aromatic N) is 3. The average Bonchev–Trinajstić information content (AvgIpc) is 2.87. The van der Waals surface area contributed by atoms with Crippen LogP contribution in [0.5, 0.6) is 0 Å². The molecule has 0 N–H and O–H groups in total. The van der Waals surface area contributed by atoms with E-state index in [9.17, 15) is 0 Å². The maximum atomic E-state index is 6.34. The Morgan fingerprint density at radius 3 is 2.19 bits per heavy atom. The van der Waals surface area contributed by atoms with E-state index < -0.39 is 0 Å². The molecule has 6 heteroatoms. The Labute approximate surface area is 136 Å². The smallest absolute Gasteiger partial charge is 0.181 e. The predicted octanol–water partition coefficient (Wildman–Crippen LogP) is 5.19. The summed E-state index contributed by atoms with van der Waals surface area (Å²) in [7, 11) is 0. The van der Waals surface area contributed by atoms with Crippen molar-refractivity contribution >= 4 is 34.5 Å². The second-order valence-corrected chi connectivity index (χ2v) is 6.35. The van der Waals surface area contributed by atoms with Crippen molar-refractivity contribution in [2.45, 2.75) is 13.8 Å². The van der Waals surface area contributed by atoms with Crippen LogP contribution in [0.3, 0.4) is 0 Å². The van der Waals surface area contributed by atoms with Crippen LogP contribution in [0, 0.1) is 13.8 Å². The molecule has 0 spiro atoms. The summed E-state index contributed by atoms with van der Waals surface area (Å²) in [6.45, 7) is 3.93. The van der Waals surface area contributed by atoms with Gasteiger partial charge in [0.05, 0.1) is 10.6 Å². The summed E-state index contributed by atoms with van der Waals surface area (Å²) in [4.78, 5) is 13.1. The molecule has 3 rings (SSSR count). The first-order chi connectivity index (χ1) is 10.1. The first-order valence-electron chi connectivity index (χ1n) is 6.28. The molecule has 0 amide bonds. The predicted molar refractivity (Wildman–Crippen MR) is 88.1 cm³/mol. The van der Waals surface area contributed by atoms with Crippen molar-refractivity contribution in [1.82, 2.24) is 15.0 Å². The zero-order chi connectivity index (χ0) is 15.0. The molecule has 0 unspecified atom stereocenters. The number of rotatable bonds is 2. The Morgan fingerprint density at radius 2 is 1.62 bits per heavy atom. The van der Waals surface area contributed by atoms with Gasteiger partial charge in [-0.05, 0) is 25.0 Å². The fraction of sp³-hybridized carbons (Fsp3) is 0.133. The third-order valence-corrected chi connectivity index (χ3v) is 4.40. The van der Waals surface area contributed by atoms with Gasteiger partial charge >= 0.3 is 0 Å². The number of hydrogen-bond donors (Lipinski definition) is 0. The average molecular weight is 336 g/mol. The van der Waals surface area contributed by atoms with E-state index in [1.165, 1.54) is 11.3 Å². The number of thiazole rings is 1. The zero-order valence-corrected chi connectivity index (χ0v) is 13.7. The van der Waals surface area contributed by atoms with Crippen molar-refractivity contribution in [3.05, 3.63) is 50.5 Å². The molecule has 0 radical (unpaired) electrons. The van der Waals surface area contributed by atoms with E-state index in [0.29, 0.717) is 27.4 Å². The highest BCUT2D eigenvalue weighted by atomic mass is 35.5. The lowest BCUT2D eigenvalue weighted by Gasteiger charge is -2.10. The van der Waals surface area contributed by atoms with Crippen molar-refractivity contribution in [2.75, 3.05) is 0 Å². The molecule has 0 saturated heterocycles. The van der Waals surface area contributed by atoms with E-state index in [1.807, 2.05) is 43.5 Å². The zero-order valence-electron chi connectivity index (χ0n) is 11.4. The van der Waals surface area contributed by atoms with Crippen molar-refractivity contribution in [3.8, 4) is 22.6 Å². The molecule has 3 nitrogen and oxygen atoms in total. The van der Waals surface area contributed by atoms with Gasteiger partial charge in [-0.2, -0.15) is 0 Å². The topological polar surface area (TPSA) is 38.7 Å². The monoisotopic (exact) mass is 335 g/mol. The highest BCUT2D eigenvalue weighted by Crippen LogP contribution is 2.35. The minimum atomic E-state index is 0.338. The van der Waals surface area contributed by atoms with Crippen LogP contribution >= 0.6 is 34.5 Å². The van der Waals surface area contributed by atoms with Crippen LogP contribution in [0.2, 0.25) is 10.3 Å². The fourth-order valence-corrected chi connectivity index (χ4v) is 3.25. The number of aromatic nitrogens is 3. The third kappa shape index (κ3) is 2.79. The summed E-state index contributed by atoms with van der Waals surface area (Å²) in [5, 5.41) is 3.52. The molecule has 106 valence electrons. The summed E-state index contributed by atoms with van der Waals surface area (Å²) in [5.74, 6) is 0.451. The molecular weight excluding hydrogens is 325 g/mol. The van der Waals surface area contributed by atoms with Crippen LogP contribution in [-0.2, 0) is 0 Å². The normalized spacial score (nSPS) is 10.9. The van der Waals surface area contributed by atoms with Crippen molar-refractivity contribution in [2.24, 2.45) is 0 Å². The van der Waals surface area contributed by atoms with Crippen LogP contribution < -0.4 is 0 Å². The maximum Gasteiger partial charge on any atom is 0.181 e. The fourth-order valence-electron chi connectivity index (χ4n) is 2.06. The van der Waals surface area contributed by atoms with E-state index in [-0.39, 0.29) is 0 Å². The highest BCUT2D eigenvalue weighted by Gasteiger charge is 2.17. The number of aryl methyl sites for hydroxylation is 2. The van der Waals surface area contributed by atoms with E-state index in [2.05, 4.69) is 15.0 Å². The van der Waals surface area contributed by atoms with E-state index >= 15 is 0 Å². The lowest BCUT2D eigenvalue weighted by atomic mass is 10.0. The Hall–Kier alpha value is -1.49. The largest absolute Gasteiger partial charge is 0.238 e. The molecule has 0 saturated carbocycles. The molecule has 0 aliphatic carbocycles. The molecule has 0 atom stereocenters. The quantitative estimate of drug-likeness (QED) is 0.605. The highest BCUT2D eigenvalue weighted by molar-refractivity contribution is 7.09. The Bertz CT molecular complexity index is 791. The first kappa shape index (κ1) is 14.4. The van der Waals surface area contributed by atoms with Gasteiger partial charge in [0.15, 0.2) is 5.82 Å². The molecule has 0 fully saturated rings. The van der Waals surface area contributed by atoms with Gasteiger partial charge in [0.1, 0.15) is 16.0 Å². The van der Waals surface area contributed by atoms with Gasteiger partial charge in [-0.3, -0.25) is 0 Å². The van der Waals surface area contributed by atoms with Gasteiger partial charge in [0.25, 0.3) is 0 Å². The van der Waals surface area contributed by atoms with Gasteiger partial charge in [-0.25, -0.2) is 15.0 Å². The second-order valence-electron chi connectivity index (χ2n) is 4.57. The van der Waals surface area contributed by atoms with Crippen LogP contribution in [-0.4, -0.2) is 15.0 Å². The molecular formula is C15H11Cl2N3S. The van der Waals surface area contributed by atoms with Gasteiger partial charge in [0.2, 0.25) is 0 Å². The molecule has 0 bridgehead atoms. The van der Waals surface area contributed by atoms with E-state index in [0.717, 1.165) is 16.1 Å². The Morgan fingerprint density at radius 1 is 0.952 bits per heavy atom. The van der Waals surface area contributed by atoms with Crippen LogP contribution in [0.1, 0.15) is 10.6 Å². The molecule has 21 heavy (non-hydrogen) atoms. The van der Waals surface area contributed by atoms with Crippen molar-refractivity contribution in [1.29, 1.82) is 0 Å². The molecule has 2 aromatic heterocycles. The first-order valence-corrected chi connectivity index (χ1v) is 7.91. The van der Waals surface area contributed by atoms with Crippen LogP contribution in [0.4, 0.5) is 0 Å². The summed E-state index contributed by atoms with van der Waals surface area (Å²) in [6.07, 6.45) is 0. The number of benzene rings is 1. The second kappa shape index (κ2) is 5.72. The molecule has 0 aliphatic rings. The SMILES string of the molecule is Cc1nc(-c2nc(Cl)c(-c3ccccc3C)c(Cl)n2)cs1. The minimum absolute atomic E-state index is 0.338. The van der Waals surface area contributed by atoms with Gasteiger partial charge in [0, 0.05) is 5.38 Å². The van der Waals surface area contributed by atoms with Gasteiger partial charge < -0.3 is 0 Å². The number of hydrogen-bond acceptors (Lipinski definition) is 4. The number of halogens is 2. The Balaban J connectivity index is 2.15. The maximum absolute atomic E-state index is 6.34. The van der Waals surface area contributed by atoms with E-state index in [4.69, 9.17) is 23.2 Å². The summed E-state index contributed by atoms with van der Waals surface area (Å²) in [6, 6.07) is 7.86. The van der Waals surface area contributed by atoms with Gasteiger partial charge in [-0.15, -0.1) is 11.3 Å². The lowest BCUT2D eigenvalue weighted by molar-refractivity contribution is 1.14. The standard InChI is InChI=1S/C15H11Cl2N3S/c1-8-5-3-4-6-10(8)12-13(16)19-15(20-14(12)17)11-7-21-9(2)18-11/h3-7H,1-2H3. The Kier molecular flexibility index (Phi) is 3.93. The van der Waals surface area contributed by atoms with Gasteiger partial charge in [-0.1, -0.05) is 47.5 Å². The van der Waals surface area contributed by atoms with Crippen molar-refractivity contribution in [3.63, 3.8) is 0 Å². The molecule has 1 aromatic carbocycles. The third-order valence-electron chi connectivity index (χ3n) is 3.08. The van der Waals surface area contributed by atoms with E-state index in [1.54, 1.807) is 0 Å². The molecule has 2 heterocycles. The van der Waals surface area contributed by atoms with Crippen molar-refractivity contribution < 1.29 is 0 Å². The summed E-state index contributed by atoms with van der Waals surface area (Å²) in [5.41, 5.74) is 3.36. The lowest BCUT2D eigenvalue weighted by Crippen LogP contribution is -1.96. The minimum Gasteiger partial charge on any atom is -0.238 e. The summed E-state index contributed by atoms with van der Waals surface area (Å²) >= 11 is 14.2. The molecule has 3 aromatic rings. The summed E-state index contributed by atoms with van der Waals surface area (Å²) < 4.78 is 0.